The fourth-order valence-electron chi connectivity index (χ4n) is 1.05. The number of non-ortho nitro benzene ring substituents is 1. The molecular weight excluding hydrogens is 206 g/mol. The zero-order valence-electron chi connectivity index (χ0n) is 7.27. The number of benzene rings is 1. The summed E-state index contributed by atoms with van der Waals surface area (Å²) in [5.74, 6) is -0.213. The highest BCUT2D eigenvalue weighted by Gasteiger charge is 2.07. The molecular formula is C9H8ClNO3. The van der Waals surface area contributed by atoms with Gasteiger partial charge in [-0.05, 0) is 5.56 Å². The summed E-state index contributed by atoms with van der Waals surface area (Å²) in [5.41, 5.74) is 0.606. The quantitative estimate of drug-likeness (QED) is 0.436. The maximum absolute atomic E-state index is 11.0. The second kappa shape index (κ2) is 4.72. The van der Waals surface area contributed by atoms with E-state index in [4.69, 9.17) is 11.6 Å². The summed E-state index contributed by atoms with van der Waals surface area (Å²) in [7, 11) is 0. The second-order valence-corrected chi connectivity index (χ2v) is 3.04. The van der Waals surface area contributed by atoms with Gasteiger partial charge in [0.25, 0.3) is 5.69 Å². The average molecular weight is 214 g/mol. The van der Waals surface area contributed by atoms with Gasteiger partial charge in [-0.1, -0.05) is 12.1 Å². The van der Waals surface area contributed by atoms with Gasteiger partial charge in [-0.25, -0.2) is 0 Å². The fourth-order valence-corrected chi connectivity index (χ4v) is 1.15. The van der Waals surface area contributed by atoms with E-state index in [9.17, 15) is 14.9 Å². The lowest BCUT2D eigenvalue weighted by Crippen LogP contribution is -2.03. The van der Waals surface area contributed by atoms with E-state index in [0.29, 0.717) is 5.56 Å². The molecule has 0 N–H and O–H groups in total. The Bertz CT molecular complexity index is 365. The first-order valence-corrected chi connectivity index (χ1v) is 4.48. The number of nitro benzene ring substituents is 1. The van der Waals surface area contributed by atoms with Crippen molar-refractivity contribution in [2.45, 2.75) is 6.42 Å². The monoisotopic (exact) mass is 213 g/mol. The van der Waals surface area contributed by atoms with Crippen LogP contribution in [0.2, 0.25) is 0 Å². The lowest BCUT2D eigenvalue weighted by molar-refractivity contribution is -0.384. The van der Waals surface area contributed by atoms with Crippen molar-refractivity contribution >= 4 is 23.1 Å². The minimum atomic E-state index is -0.491. The summed E-state index contributed by atoms with van der Waals surface area (Å²) in [6.07, 6.45) is 0.144. The number of carbonyl (C=O) groups excluding carboxylic acids is 1. The molecule has 0 amide bonds. The van der Waals surface area contributed by atoms with E-state index in [2.05, 4.69) is 0 Å². The summed E-state index contributed by atoms with van der Waals surface area (Å²) in [5, 5.41) is 10.4. The van der Waals surface area contributed by atoms with Crippen LogP contribution in [0.15, 0.2) is 24.3 Å². The molecule has 0 aliphatic rings. The predicted octanol–water partition coefficient (Wildman–Crippen LogP) is 1.95. The van der Waals surface area contributed by atoms with Gasteiger partial charge < -0.3 is 0 Å². The first-order chi connectivity index (χ1) is 6.63. The van der Waals surface area contributed by atoms with Crippen LogP contribution in [0.25, 0.3) is 0 Å². The Hall–Kier alpha value is -1.42. The molecule has 5 heteroatoms. The van der Waals surface area contributed by atoms with Gasteiger partial charge in [0.2, 0.25) is 0 Å². The van der Waals surface area contributed by atoms with E-state index in [-0.39, 0.29) is 23.8 Å². The van der Waals surface area contributed by atoms with Crippen molar-refractivity contribution in [2.75, 3.05) is 5.88 Å². The number of nitrogens with zero attached hydrogens (tertiary/aromatic N) is 1. The van der Waals surface area contributed by atoms with Crippen molar-refractivity contribution < 1.29 is 9.72 Å². The topological polar surface area (TPSA) is 60.2 Å². The second-order valence-electron chi connectivity index (χ2n) is 2.78. The first-order valence-electron chi connectivity index (χ1n) is 3.94. The van der Waals surface area contributed by atoms with Gasteiger partial charge in [0, 0.05) is 18.6 Å². The van der Waals surface area contributed by atoms with Crippen LogP contribution in [0.1, 0.15) is 5.56 Å². The van der Waals surface area contributed by atoms with Gasteiger partial charge in [0.1, 0.15) is 0 Å². The van der Waals surface area contributed by atoms with E-state index < -0.39 is 4.92 Å². The standard InChI is InChI=1S/C9H8ClNO3/c10-6-9(12)5-7-2-1-3-8(4-7)11(13)14/h1-4H,5-6H2. The van der Waals surface area contributed by atoms with Crippen LogP contribution in [0.5, 0.6) is 0 Å². The zero-order chi connectivity index (χ0) is 10.6. The Morgan fingerprint density at radius 3 is 2.79 bits per heavy atom. The predicted molar refractivity (Wildman–Crippen MR) is 52.5 cm³/mol. The highest BCUT2D eigenvalue weighted by molar-refractivity contribution is 6.27. The Labute approximate surface area is 85.6 Å². The SMILES string of the molecule is O=C(CCl)Cc1cccc([N+](=O)[O-])c1. The maximum atomic E-state index is 11.0. The number of carbonyl (C=O) groups is 1. The number of hydrogen-bond donors (Lipinski definition) is 0. The molecule has 0 bridgehead atoms. The van der Waals surface area contributed by atoms with E-state index in [0.717, 1.165) is 0 Å². The molecule has 0 radical (unpaired) electrons. The third-order valence-electron chi connectivity index (χ3n) is 1.67. The van der Waals surface area contributed by atoms with Crippen LogP contribution in [0.3, 0.4) is 0 Å². The van der Waals surface area contributed by atoms with Gasteiger partial charge >= 0.3 is 0 Å². The van der Waals surface area contributed by atoms with Crippen molar-refractivity contribution in [1.82, 2.24) is 0 Å². The lowest BCUT2D eigenvalue weighted by Gasteiger charge is -1.97. The Balaban J connectivity index is 2.83. The number of Topliss-reactive ketones (excluding diaryl/α,β-unsaturated/α-hetero) is 1. The Kier molecular flexibility index (Phi) is 3.59. The zero-order valence-corrected chi connectivity index (χ0v) is 8.03. The molecule has 0 aromatic heterocycles. The third-order valence-corrected chi connectivity index (χ3v) is 1.97. The van der Waals surface area contributed by atoms with E-state index in [1.54, 1.807) is 12.1 Å². The Morgan fingerprint density at radius 2 is 2.21 bits per heavy atom. The van der Waals surface area contributed by atoms with Gasteiger partial charge in [-0.15, -0.1) is 11.6 Å². The van der Waals surface area contributed by atoms with E-state index in [1.165, 1.54) is 12.1 Å². The highest BCUT2D eigenvalue weighted by Crippen LogP contribution is 2.13. The molecule has 0 atom stereocenters. The van der Waals surface area contributed by atoms with E-state index >= 15 is 0 Å². The van der Waals surface area contributed by atoms with Crippen LogP contribution in [0.4, 0.5) is 5.69 Å². The third kappa shape index (κ3) is 2.81. The molecule has 0 aliphatic heterocycles. The molecule has 1 aromatic carbocycles. The number of ketones is 1. The van der Waals surface area contributed by atoms with Crippen LogP contribution in [0, 0.1) is 10.1 Å². The van der Waals surface area contributed by atoms with Gasteiger partial charge in [-0.3, -0.25) is 14.9 Å². The molecule has 0 heterocycles. The minimum Gasteiger partial charge on any atom is -0.298 e. The molecule has 0 unspecified atom stereocenters. The molecule has 0 spiro atoms. The number of nitro groups is 1. The summed E-state index contributed by atoms with van der Waals surface area (Å²) in [6, 6.07) is 5.98. The fraction of sp³-hybridized carbons (Fsp3) is 0.222. The number of hydrogen-bond acceptors (Lipinski definition) is 3. The summed E-state index contributed by atoms with van der Waals surface area (Å²) in [4.78, 5) is 20.9. The van der Waals surface area contributed by atoms with Gasteiger partial charge in [0.15, 0.2) is 5.78 Å². The highest BCUT2D eigenvalue weighted by atomic mass is 35.5. The minimum absolute atomic E-state index is 0.00938. The molecule has 0 aliphatic carbocycles. The lowest BCUT2D eigenvalue weighted by atomic mass is 10.1. The van der Waals surface area contributed by atoms with Crippen molar-refractivity contribution in [3.63, 3.8) is 0 Å². The van der Waals surface area contributed by atoms with E-state index in [1.807, 2.05) is 0 Å². The van der Waals surface area contributed by atoms with Crippen molar-refractivity contribution in [3.05, 3.63) is 39.9 Å². The van der Waals surface area contributed by atoms with Crippen molar-refractivity contribution in [2.24, 2.45) is 0 Å². The summed E-state index contributed by atoms with van der Waals surface area (Å²) >= 11 is 5.32. The summed E-state index contributed by atoms with van der Waals surface area (Å²) < 4.78 is 0. The number of alkyl halides is 1. The molecule has 74 valence electrons. The normalized spacial score (nSPS) is 9.79. The molecule has 0 fully saturated rings. The van der Waals surface area contributed by atoms with Crippen LogP contribution < -0.4 is 0 Å². The van der Waals surface area contributed by atoms with Crippen LogP contribution in [-0.2, 0) is 11.2 Å². The van der Waals surface area contributed by atoms with Gasteiger partial charge in [0.05, 0.1) is 10.8 Å². The number of halogens is 1. The maximum Gasteiger partial charge on any atom is 0.269 e. The number of rotatable bonds is 4. The average Bonchev–Trinajstić information content (AvgIpc) is 2.18. The van der Waals surface area contributed by atoms with Crippen molar-refractivity contribution in [1.29, 1.82) is 0 Å². The molecule has 0 saturated heterocycles. The summed E-state index contributed by atoms with van der Waals surface area (Å²) in [6.45, 7) is 0. The molecule has 0 saturated carbocycles. The first kappa shape index (κ1) is 10.7. The van der Waals surface area contributed by atoms with Gasteiger partial charge in [-0.2, -0.15) is 0 Å². The van der Waals surface area contributed by atoms with Crippen LogP contribution in [-0.4, -0.2) is 16.6 Å². The molecule has 1 rings (SSSR count). The largest absolute Gasteiger partial charge is 0.298 e. The smallest absolute Gasteiger partial charge is 0.269 e. The molecule has 1 aromatic rings. The van der Waals surface area contributed by atoms with Crippen LogP contribution >= 0.6 is 11.6 Å². The molecule has 14 heavy (non-hydrogen) atoms. The Morgan fingerprint density at radius 1 is 1.50 bits per heavy atom. The van der Waals surface area contributed by atoms with Crippen molar-refractivity contribution in [3.8, 4) is 0 Å². The molecule has 4 nitrogen and oxygen atoms in total.